The summed E-state index contributed by atoms with van der Waals surface area (Å²) in [6.07, 6.45) is 8.89. The van der Waals surface area contributed by atoms with Crippen LogP contribution in [0, 0.1) is 5.41 Å². The summed E-state index contributed by atoms with van der Waals surface area (Å²) in [7, 11) is 0. The van der Waals surface area contributed by atoms with Crippen LogP contribution in [-0.2, 0) is 0 Å². The number of amides is 2. The minimum atomic E-state index is -0.292. The average molecular weight is 402 g/mol. The highest BCUT2D eigenvalue weighted by Crippen LogP contribution is 2.26. The Morgan fingerprint density at radius 2 is 1.90 bits per heavy atom. The zero-order valence-corrected chi connectivity index (χ0v) is 16.8. The van der Waals surface area contributed by atoms with Crippen molar-refractivity contribution in [3.05, 3.63) is 21.7 Å². The van der Waals surface area contributed by atoms with Gasteiger partial charge in [0.05, 0.1) is 11.5 Å². The standard InChI is InChI=1S/C20H31N7O2/c21-9-16-18(23-14-5-2-1-3-6-14)25-17(26-19(16)28)13-11-27(12-13)20(29)24-15-7-4-8-22-10-15/h9,13-15,21-22H,1-8,10-12H2,(H,24,29)(H2,23,25,26,28). The number of urea groups is 1. The van der Waals surface area contributed by atoms with Gasteiger partial charge in [-0.3, -0.25) is 4.79 Å². The number of anilines is 1. The van der Waals surface area contributed by atoms with Gasteiger partial charge >= 0.3 is 6.03 Å². The van der Waals surface area contributed by atoms with Crippen molar-refractivity contribution in [3.8, 4) is 0 Å². The van der Waals surface area contributed by atoms with Gasteiger partial charge in [-0.1, -0.05) is 19.3 Å². The molecule has 9 nitrogen and oxygen atoms in total. The second kappa shape index (κ2) is 8.94. The Morgan fingerprint density at radius 3 is 2.59 bits per heavy atom. The largest absolute Gasteiger partial charge is 0.367 e. The Kier molecular flexibility index (Phi) is 6.13. The maximum atomic E-state index is 12.5. The van der Waals surface area contributed by atoms with Crippen molar-refractivity contribution < 1.29 is 4.79 Å². The summed E-state index contributed by atoms with van der Waals surface area (Å²) in [4.78, 5) is 34.1. The van der Waals surface area contributed by atoms with Crippen LogP contribution in [0.15, 0.2) is 4.79 Å². The molecule has 5 N–H and O–H groups in total. The van der Waals surface area contributed by atoms with Gasteiger partial charge < -0.3 is 31.2 Å². The molecule has 9 heteroatoms. The zero-order valence-electron chi connectivity index (χ0n) is 16.8. The monoisotopic (exact) mass is 401 g/mol. The van der Waals surface area contributed by atoms with Gasteiger partial charge in [0.2, 0.25) is 0 Å². The van der Waals surface area contributed by atoms with E-state index < -0.39 is 0 Å². The number of carbonyl (C=O) groups excluding carboxylic acids is 1. The van der Waals surface area contributed by atoms with Crippen LogP contribution in [0.4, 0.5) is 10.6 Å². The van der Waals surface area contributed by atoms with Crippen molar-refractivity contribution in [1.29, 1.82) is 5.41 Å². The first-order chi connectivity index (χ1) is 14.1. The maximum Gasteiger partial charge on any atom is 0.317 e. The normalized spacial score (nSPS) is 23.3. The van der Waals surface area contributed by atoms with E-state index in [4.69, 9.17) is 5.41 Å². The predicted octanol–water partition coefficient (Wildman–Crippen LogP) is 1.37. The van der Waals surface area contributed by atoms with Gasteiger partial charge in [-0.15, -0.1) is 0 Å². The van der Waals surface area contributed by atoms with Crippen LogP contribution >= 0.6 is 0 Å². The summed E-state index contributed by atoms with van der Waals surface area (Å²) in [5.41, 5.74) is -0.0162. The Bertz CT molecular complexity index is 791. The lowest BCUT2D eigenvalue weighted by atomic mass is 9.95. The highest BCUT2D eigenvalue weighted by molar-refractivity contribution is 5.83. The number of rotatable bonds is 5. The van der Waals surface area contributed by atoms with Crippen LogP contribution in [0.25, 0.3) is 0 Å². The molecule has 1 aromatic heterocycles. The van der Waals surface area contributed by atoms with E-state index in [-0.39, 0.29) is 29.1 Å². The number of nitrogens with zero attached hydrogens (tertiary/aromatic N) is 2. The number of aromatic amines is 1. The van der Waals surface area contributed by atoms with Crippen LogP contribution in [0.3, 0.4) is 0 Å². The summed E-state index contributed by atoms with van der Waals surface area (Å²) in [5.74, 6) is 1.12. The smallest absolute Gasteiger partial charge is 0.317 e. The first-order valence-corrected chi connectivity index (χ1v) is 10.8. The second-order valence-electron chi connectivity index (χ2n) is 8.43. The van der Waals surface area contributed by atoms with E-state index in [1.807, 2.05) is 0 Å². The molecule has 2 aliphatic heterocycles. The molecule has 0 radical (unpaired) electrons. The van der Waals surface area contributed by atoms with E-state index >= 15 is 0 Å². The molecule has 1 atom stereocenters. The highest BCUT2D eigenvalue weighted by atomic mass is 16.2. The number of hydrogen-bond donors (Lipinski definition) is 5. The number of H-pyrrole nitrogens is 1. The maximum absolute atomic E-state index is 12.5. The fourth-order valence-electron chi connectivity index (χ4n) is 4.44. The number of likely N-dealkylation sites (tertiary alicyclic amines) is 1. The molecule has 3 fully saturated rings. The van der Waals surface area contributed by atoms with Gasteiger partial charge in [-0.05, 0) is 32.2 Å². The minimum Gasteiger partial charge on any atom is -0.367 e. The first-order valence-electron chi connectivity index (χ1n) is 10.8. The Morgan fingerprint density at radius 1 is 1.14 bits per heavy atom. The molecular formula is C20H31N7O2. The van der Waals surface area contributed by atoms with Gasteiger partial charge in [0.25, 0.3) is 5.56 Å². The van der Waals surface area contributed by atoms with Crippen molar-refractivity contribution >= 4 is 18.1 Å². The molecule has 1 aliphatic carbocycles. The molecule has 1 unspecified atom stereocenters. The molecule has 158 valence electrons. The van der Waals surface area contributed by atoms with Crippen molar-refractivity contribution in [1.82, 2.24) is 25.5 Å². The number of nitrogens with one attached hydrogen (secondary N) is 5. The molecule has 0 bridgehead atoms. The summed E-state index contributed by atoms with van der Waals surface area (Å²) in [5, 5.41) is 17.4. The number of hydrogen-bond acceptors (Lipinski definition) is 6. The van der Waals surface area contributed by atoms with E-state index in [0.29, 0.717) is 30.8 Å². The molecule has 0 spiro atoms. The van der Waals surface area contributed by atoms with E-state index in [9.17, 15) is 9.59 Å². The van der Waals surface area contributed by atoms with Gasteiger partial charge in [0.1, 0.15) is 11.6 Å². The molecule has 1 saturated carbocycles. The Hall–Kier alpha value is -2.42. The topological polar surface area (TPSA) is 126 Å². The van der Waals surface area contributed by atoms with Gasteiger partial charge in [-0.25, -0.2) is 9.78 Å². The molecule has 3 heterocycles. The third-order valence-corrected chi connectivity index (χ3v) is 6.24. The molecule has 0 aromatic carbocycles. The minimum absolute atomic E-state index is 0.0182. The Balaban J connectivity index is 1.39. The zero-order chi connectivity index (χ0) is 20.2. The van der Waals surface area contributed by atoms with Crippen molar-refractivity contribution in [2.75, 3.05) is 31.5 Å². The molecule has 1 aromatic rings. The molecule has 3 aliphatic rings. The summed E-state index contributed by atoms with van der Waals surface area (Å²) < 4.78 is 0. The second-order valence-corrected chi connectivity index (χ2v) is 8.43. The van der Waals surface area contributed by atoms with Gasteiger partial charge in [0, 0.05) is 37.9 Å². The molecule has 2 amide bonds. The van der Waals surface area contributed by atoms with Crippen LogP contribution in [0.2, 0.25) is 0 Å². The molecule has 4 rings (SSSR count). The fraction of sp³-hybridized carbons (Fsp3) is 0.700. The van der Waals surface area contributed by atoms with Crippen LogP contribution in [0.5, 0.6) is 0 Å². The van der Waals surface area contributed by atoms with Crippen LogP contribution in [-0.4, -0.2) is 65.4 Å². The van der Waals surface area contributed by atoms with Crippen molar-refractivity contribution in [2.24, 2.45) is 0 Å². The molecule has 2 saturated heterocycles. The molecular weight excluding hydrogens is 370 g/mol. The van der Waals surface area contributed by atoms with E-state index in [1.165, 1.54) is 19.3 Å². The third-order valence-electron chi connectivity index (χ3n) is 6.24. The van der Waals surface area contributed by atoms with Crippen LogP contribution in [0.1, 0.15) is 62.3 Å². The van der Waals surface area contributed by atoms with Gasteiger partial charge in [0.15, 0.2) is 0 Å². The number of carbonyl (C=O) groups is 1. The highest BCUT2D eigenvalue weighted by Gasteiger charge is 2.35. The lowest BCUT2D eigenvalue weighted by Crippen LogP contribution is -2.57. The summed E-state index contributed by atoms with van der Waals surface area (Å²) >= 11 is 0. The first kappa shape index (κ1) is 19.9. The third kappa shape index (κ3) is 4.60. The predicted molar refractivity (Wildman–Crippen MR) is 112 cm³/mol. The van der Waals surface area contributed by atoms with Gasteiger partial charge in [-0.2, -0.15) is 0 Å². The Labute approximate surface area is 170 Å². The molecule has 29 heavy (non-hydrogen) atoms. The quantitative estimate of drug-likeness (QED) is 0.477. The number of aromatic nitrogens is 2. The summed E-state index contributed by atoms with van der Waals surface area (Å²) in [6, 6.07) is 0.442. The average Bonchev–Trinajstić information content (AvgIpc) is 2.68. The van der Waals surface area contributed by atoms with E-state index in [2.05, 4.69) is 25.9 Å². The fourth-order valence-corrected chi connectivity index (χ4v) is 4.44. The SMILES string of the molecule is N=Cc1c(NC2CCCCC2)nc(C2CN(C(=O)NC3CCCNC3)C2)[nH]c1=O. The lowest BCUT2D eigenvalue weighted by Gasteiger charge is -2.39. The van der Waals surface area contributed by atoms with E-state index in [1.54, 1.807) is 4.90 Å². The summed E-state index contributed by atoms with van der Waals surface area (Å²) in [6.45, 7) is 2.92. The lowest BCUT2D eigenvalue weighted by molar-refractivity contribution is 0.143. The van der Waals surface area contributed by atoms with Crippen molar-refractivity contribution in [3.63, 3.8) is 0 Å². The number of piperidine rings is 1. The van der Waals surface area contributed by atoms with Crippen LogP contribution < -0.4 is 21.5 Å². The van der Waals surface area contributed by atoms with E-state index in [0.717, 1.165) is 45.0 Å². The van der Waals surface area contributed by atoms with Crippen molar-refractivity contribution in [2.45, 2.75) is 62.9 Å².